The van der Waals surface area contributed by atoms with Crippen molar-refractivity contribution in [3.8, 4) is 0 Å². The Labute approximate surface area is 98.6 Å². The second kappa shape index (κ2) is 4.29. The summed E-state index contributed by atoms with van der Waals surface area (Å²) >= 11 is 0. The van der Waals surface area contributed by atoms with Gasteiger partial charge in [-0.25, -0.2) is 0 Å². The fourth-order valence-electron chi connectivity index (χ4n) is 1.52. The summed E-state index contributed by atoms with van der Waals surface area (Å²) in [5.41, 5.74) is 8.36. The van der Waals surface area contributed by atoms with Gasteiger partial charge in [0, 0.05) is 11.3 Å². The third-order valence-corrected chi connectivity index (χ3v) is 2.20. The summed E-state index contributed by atoms with van der Waals surface area (Å²) in [5.74, 6) is -0.290. The zero-order valence-electron chi connectivity index (χ0n) is 9.65. The van der Waals surface area contributed by atoms with Crippen LogP contribution in [0.4, 0.5) is 11.7 Å². The van der Waals surface area contributed by atoms with E-state index in [-0.39, 0.29) is 11.9 Å². The van der Waals surface area contributed by atoms with Crippen molar-refractivity contribution in [3.05, 3.63) is 41.3 Å². The van der Waals surface area contributed by atoms with Crippen molar-refractivity contribution in [2.45, 2.75) is 13.8 Å². The number of hydrogen-bond donors (Lipinski definition) is 2. The number of carbonyl (C=O) groups excluding carboxylic acids is 1. The highest BCUT2D eigenvalue weighted by atomic mass is 16.4. The van der Waals surface area contributed by atoms with E-state index in [9.17, 15) is 4.79 Å². The van der Waals surface area contributed by atoms with Gasteiger partial charge in [0.2, 0.25) is 0 Å². The third-order valence-electron chi connectivity index (χ3n) is 2.20. The normalized spacial score (nSPS) is 10.2. The molecule has 2 rings (SSSR count). The van der Waals surface area contributed by atoms with E-state index in [1.54, 1.807) is 25.1 Å². The monoisotopic (exact) mass is 231 g/mol. The third kappa shape index (κ3) is 2.63. The predicted octanol–water partition coefficient (Wildman–Crippen LogP) is 2.13. The highest BCUT2D eigenvalue weighted by Crippen LogP contribution is 2.13. The Morgan fingerprint density at radius 3 is 2.71 bits per heavy atom. The van der Waals surface area contributed by atoms with Gasteiger partial charge >= 0.3 is 6.01 Å². The van der Waals surface area contributed by atoms with Crippen molar-refractivity contribution >= 4 is 17.6 Å². The van der Waals surface area contributed by atoms with Crippen molar-refractivity contribution < 1.29 is 9.21 Å². The van der Waals surface area contributed by atoms with Gasteiger partial charge in [0.25, 0.3) is 5.91 Å². The number of oxazole rings is 1. The predicted molar refractivity (Wildman–Crippen MR) is 64.8 cm³/mol. The van der Waals surface area contributed by atoms with E-state index in [1.807, 2.05) is 6.92 Å². The van der Waals surface area contributed by atoms with Gasteiger partial charge in [0.15, 0.2) is 0 Å². The molecule has 3 N–H and O–H groups in total. The fraction of sp³-hybridized carbons (Fsp3) is 0.167. The standard InChI is InChI=1S/C12H13N3O2/c1-7-3-9(5-10(13)4-7)11(16)15-12-14-8(2)6-17-12/h3-6H,13H2,1-2H3,(H,14,15,16). The van der Waals surface area contributed by atoms with Crippen LogP contribution in [0.15, 0.2) is 28.9 Å². The summed E-state index contributed by atoms with van der Waals surface area (Å²) in [5, 5.41) is 2.56. The summed E-state index contributed by atoms with van der Waals surface area (Å²) in [6, 6.07) is 5.35. The van der Waals surface area contributed by atoms with Crippen LogP contribution in [0.1, 0.15) is 21.6 Å². The molecule has 0 fully saturated rings. The number of nitrogens with zero attached hydrogens (tertiary/aromatic N) is 1. The Hall–Kier alpha value is -2.30. The smallest absolute Gasteiger partial charge is 0.301 e. The molecule has 0 aliphatic heterocycles. The molecular weight excluding hydrogens is 218 g/mol. The number of hydrogen-bond acceptors (Lipinski definition) is 4. The van der Waals surface area contributed by atoms with Crippen LogP contribution in [0.3, 0.4) is 0 Å². The van der Waals surface area contributed by atoms with Crippen LogP contribution in [0.5, 0.6) is 0 Å². The van der Waals surface area contributed by atoms with Crippen LogP contribution in [0.25, 0.3) is 0 Å². The molecule has 1 amide bonds. The average Bonchev–Trinajstić information content (AvgIpc) is 2.62. The number of rotatable bonds is 2. The number of aromatic nitrogens is 1. The van der Waals surface area contributed by atoms with Crippen LogP contribution in [-0.2, 0) is 0 Å². The van der Waals surface area contributed by atoms with E-state index < -0.39 is 0 Å². The molecule has 2 aromatic rings. The average molecular weight is 231 g/mol. The Bertz CT molecular complexity index is 540. The van der Waals surface area contributed by atoms with Gasteiger partial charge in [-0.2, -0.15) is 4.98 Å². The van der Waals surface area contributed by atoms with Crippen molar-refractivity contribution in [3.63, 3.8) is 0 Å². The van der Waals surface area contributed by atoms with Gasteiger partial charge in [0.05, 0.1) is 5.69 Å². The molecule has 1 heterocycles. The Kier molecular flexibility index (Phi) is 2.82. The fourth-order valence-corrected chi connectivity index (χ4v) is 1.52. The lowest BCUT2D eigenvalue weighted by molar-refractivity contribution is 0.102. The molecule has 1 aromatic carbocycles. The van der Waals surface area contributed by atoms with E-state index in [2.05, 4.69) is 10.3 Å². The van der Waals surface area contributed by atoms with Crippen LogP contribution in [0.2, 0.25) is 0 Å². The van der Waals surface area contributed by atoms with Gasteiger partial charge in [-0.1, -0.05) is 0 Å². The van der Waals surface area contributed by atoms with Crippen molar-refractivity contribution in [1.29, 1.82) is 0 Å². The first-order chi connectivity index (χ1) is 8.04. The van der Waals surface area contributed by atoms with E-state index in [4.69, 9.17) is 10.2 Å². The summed E-state index contributed by atoms with van der Waals surface area (Å²) < 4.78 is 5.04. The summed E-state index contributed by atoms with van der Waals surface area (Å²) in [4.78, 5) is 15.9. The molecule has 5 nitrogen and oxygen atoms in total. The molecule has 0 aliphatic rings. The van der Waals surface area contributed by atoms with E-state index >= 15 is 0 Å². The number of amides is 1. The highest BCUT2D eigenvalue weighted by molar-refractivity contribution is 6.03. The SMILES string of the molecule is Cc1cc(N)cc(C(=O)Nc2nc(C)co2)c1. The first-order valence-corrected chi connectivity index (χ1v) is 5.15. The quantitative estimate of drug-likeness (QED) is 0.776. The Morgan fingerprint density at radius 1 is 1.35 bits per heavy atom. The lowest BCUT2D eigenvalue weighted by atomic mass is 10.1. The van der Waals surface area contributed by atoms with E-state index in [0.29, 0.717) is 16.9 Å². The first kappa shape index (κ1) is 11.2. The number of anilines is 2. The van der Waals surface area contributed by atoms with Crippen molar-refractivity contribution in [1.82, 2.24) is 4.98 Å². The second-order valence-corrected chi connectivity index (χ2v) is 3.88. The molecule has 1 aromatic heterocycles. The second-order valence-electron chi connectivity index (χ2n) is 3.88. The molecule has 0 saturated carbocycles. The van der Waals surface area contributed by atoms with Crippen molar-refractivity contribution in [2.24, 2.45) is 0 Å². The van der Waals surface area contributed by atoms with Crippen LogP contribution in [-0.4, -0.2) is 10.9 Å². The molecule has 0 spiro atoms. The largest absolute Gasteiger partial charge is 0.432 e. The maximum absolute atomic E-state index is 11.9. The maximum Gasteiger partial charge on any atom is 0.301 e. The summed E-state index contributed by atoms with van der Waals surface area (Å²) in [6.07, 6.45) is 1.47. The molecule has 0 bridgehead atoms. The summed E-state index contributed by atoms with van der Waals surface area (Å²) in [6.45, 7) is 3.66. The minimum Gasteiger partial charge on any atom is -0.432 e. The number of benzene rings is 1. The molecule has 17 heavy (non-hydrogen) atoms. The van der Waals surface area contributed by atoms with Gasteiger partial charge in [-0.05, 0) is 37.6 Å². The molecule has 0 saturated heterocycles. The minimum absolute atomic E-state index is 0.188. The molecular formula is C12H13N3O2. The number of carbonyl (C=O) groups is 1. The summed E-state index contributed by atoms with van der Waals surface area (Å²) in [7, 11) is 0. The highest BCUT2D eigenvalue weighted by Gasteiger charge is 2.10. The van der Waals surface area contributed by atoms with Gasteiger partial charge < -0.3 is 10.2 Å². The number of nitrogens with one attached hydrogen (secondary N) is 1. The Balaban J connectivity index is 2.19. The van der Waals surface area contributed by atoms with Gasteiger partial charge in [-0.3, -0.25) is 10.1 Å². The number of nitrogen functional groups attached to an aromatic ring is 1. The molecule has 0 radical (unpaired) electrons. The first-order valence-electron chi connectivity index (χ1n) is 5.15. The van der Waals surface area contributed by atoms with Gasteiger partial charge in [-0.15, -0.1) is 0 Å². The van der Waals surface area contributed by atoms with Crippen LogP contribution < -0.4 is 11.1 Å². The molecule has 0 atom stereocenters. The van der Waals surface area contributed by atoms with Crippen molar-refractivity contribution in [2.75, 3.05) is 11.1 Å². The molecule has 5 heteroatoms. The van der Waals surface area contributed by atoms with E-state index in [0.717, 1.165) is 5.56 Å². The zero-order valence-corrected chi connectivity index (χ0v) is 9.65. The number of aryl methyl sites for hydroxylation is 2. The number of nitrogens with two attached hydrogens (primary N) is 1. The Morgan fingerprint density at radius 2 is 2.12 bits per heavy atom. The van der Waals surface area contributed by atoms with Crippen LogP contribution in [0, 0.1) is 13.8 Å². The molecule has 88 valence electrons. The lowest BCUT2D eigenvalue weighted by Gasteiger charge is -2.03. The lowest BCUT2D eigenvalue weighted by Crippen LogP contribution is -2.12. The van der Waals surface area contributed by atoms with Gasteiger partial charge in [0.1, 0.15) is 6.26 Å². The van der Waals surface area contributed by atoms with Crippen LogP contribution >= 0.6 is 0 Å². The topological polar surface area (TPSA) is 81.2 Å². The molecule has 0 aliphatic carbocycles. The minimum atomic E-state index is -0.290. The maximum atomic E-state index is 11.9. The van der Waals surface area contributed by atoms with E-state index in [1.165, 1.54) is 6.26 Å². The molecule has 0 unspecified atom stereocenters. The zero-order chi connectivity index (χ0) is 12.4.